The van der Waals surface area contributed by atoms with Crippen molar-refractivity contribution in [2.45, 2.75) is 0 Å². The number of hydrogen-bond donors (Lipinski definition) is 0. The first-order valence-corrected chi connectivity index (χ1v) is 16.3. The topological polar surface area (TPSA) is 56.5 Å². The Hall–Kier alpha value is -6.72. The number of aromatic nitrogens is 5. The lowest BCUT2D eigenvalue weighted by atomic mass is 10.0. The molecule has 0 N–H and O–H groups in total. The molecule has 0 aliphatic carbocycles. The first kappa shape index (κ1) is 28.5. The van der Waals surface area contributed by atoms with E-state index in [1.807, 2.05) is 60.8 Å². The Bertz CT molecular complexity index is 2520. The van der Waals surface area contributed by atoms with Crippen LogP contribution in [0, 0.1) is 0 Å². The van der Waals surface area contributed by atoms with E-state index in [9.17, 15) is 0 Å². The molecule has 9 aromatic rings. The summed E-state index contributed by atoms with van der Waals surface area (Å²) in [6, 6.07) is 58.4. The van der Waals surface area contributed by atoms with Crippen molar-refractivity contribution < 1.29 is 0 Å². The fourth-order valence-corrected chi connectivity index (χ4v) is 6.54. The molecule has 3 aromatic heterocycles. The van der Waals surface area contributed by atoms with Crippen LogP contribution in [0.25, 0.3) is 84.0 Å². The second-order valence-electron chi connectivity index (χ2n) is 11.9. The van der Waals surface area contributed by atoms with Crippen LogP contribution in [0.15, 0.2) is 176 Å². The summed E-state index contributed by atoms with van der Waals surface area (Å²) >= 11 is 0. The number of pyridine rings is 1. The molecule has 0 saturated heterocycles. The molecule has 3 heterocycles. The van der Waals surface area contributed by atoms with E-state index in [-0.39, 0.29) is 0 Å². The maximum Gasteiger partial charge on any atom is 0.167 e. The van der Waals surface area contributed by atoms with Gasteiger partial charge in [0.05, 0.1) is 28.0 Å². The molecule has 49 heavy (non-hydrogen) atoms. The van der Waals surface area contributed by atoms with Crippen LogP contribution in [0.3, 0.4) is 0 Å². The zero-order valence-corrected chi connectivity index (χ0v) is 26.5. The number of para-hydroxylation sites is 2. The zero-order chi connectivity index (χ0) is 32.6. The Morgan fingerprint density at radius 2 is 0.796 bits per heavy atom. The lowest BCUT2D eigenvalue weighted by Crippen LogP contribution is -2.05. The predicted octanol–water partition coefficient (Wildman–Crippen LogP) is 10.7. The van der Waals surface area contributed by atoms with E-state index in [0.29, 0.717) is 17.5 Å². The van der Waals surface area contributed by atoms with Gasteiger partial charge < -0.3 is 4.57 Å². The van der Waals surface area contributed by atoms with E-state index >= 15 is 0 Å². The van der Waals surface area contributed by atoms with Crippen molar-refractivity contribution >= 4 is 21.8 Å². The van der Waals surface area contributed by atoms with Crippen LogP contribution < -0.4 is 0 Å². The summed E-state index contributed by atoms with van der Waals surface area (Å²) in [7, 11) is 0. The molecule has 0 fully saturated rings. The first-order valence-electron chi connectivity index (χ1n) is 16.3. The standard InChI is InChI=1S/C44H29N5/c1-4-14-30(15-5-1)31-24-26-34(27-25-31)43-46-42(33-18-8-3-9-19-33)47-44(48-43)37-29-45-38(32-16-6-2-7-17-32)28-41(37)49-39-22-12-10-20-35(39)36-21-11-13-23-40(36)49/h1-29H. The third-order valence-corrected chi connectivity index (χ3v) is 8.93. The van der Waals surface area contributed by atoms with Crippen molar-refractivity contribution in [3.63, 3.8) is 0 Å². The minimum atomic E-state index is 0.556. The van der Waals surface area contributed by atoms with Crippen LogP contribution in [-0.4, -0.2) is 24.5 Å². The molecule has 0 aliphatic heterocycles. The Morgan fingerprint density at radius 1 is 0.367 bits per heavy atom. The average molecular weight is 628 g/mol. The normalized spacial score (nSPS) is 11.3. The molecule has 9 rings (SSSR count). The van der Waals surface area contributed by atoms with E-state index in [1.54, 1.807) is 0 Å². The summed E-state index contributed by atoms with van der Waals surface area (Å²) in [6.45, 7) is 0. The quantitative estimate of drug-likeness (QED) is 0.184. The first-order chi connectivity index (χ1) is 24.3. The van der Waals surface area contributed by atoms with E-state index in [1.165, 1.54) is 10.8 Å². The molecule has 0 amide bonds. The summed E-state index contributed by atoms with van der Waals surface area (Å²) in [6.07, 6.45) is 1.91. The Labute approximate surface area is 283 Å². The van der Waals surface area contributed by atoms with Crippen molar-refractivity contribution in [1.82, 2.24) is 24.5 Å². The monoisotopic (exact) mass is 627 g/mol. The van der Waals surface area contributed by atoms with Crippen molar-refractivity contribution in [2.24, 2.45) is 0 Å². The maximum absolute atomic E-state index is 5.16. The molecule has 5 nitrogen and oxygen atoms in total. The lowest BCUT2D eigenvalue weighted by Gasteiger charge is -2.16. The van der Waals surface area contributed by atoms with Crippen molar-refractivity contribution in [3.8, 4) is 62.2 Å². The fraction of sp³-hybridized carbons (Fsp3) is 0. The Morgan fingerprint density at radius 3 is 1.39 bits per heavy atom. The molecule has 6 aromatic carbocycles. The Balaban J connectivity index is 1.29. The molecule has 0 atom stereocenters. The van der Waals surface area contributed by atoms with E-state index in [0.717, 1.165) is 55.8 Å². The zero-order valence-electron chi connectivity index (χ0n) is 26.5. The lowest BCUT2D eigenvalue weighted by molar-refractivity contribution is 1.06. The summed E-state index contributed by atoms with van der Waals surface area (Å²) in [5, 5.41) is 2.36. The molecule has 230 valence electrons. The van der Waals surface area contributed by atoms with E-state index in [4.69, 9.17) is 19.9 Å². The van der Waals surface area contributed by atoms with Crippen LogP contribution in [-0.2, 0) is 0 Å². The largest absolute Gasteiger partial charge is 0.308 e. The van der Waals surface area contributed by atoms with Gasteiger partial charge in [-0.05, 0) is 29.3 Å². The minimum absolute atomic E-state index is 0.556. The van der Waals surface area contributed by atoms with Crippen LogP contribution in [0.1, 0.15) is 0 Å². The van der Waals surface area contributed by atoms with Crippen molar-refractivity contribution in [2.75, 3.05) is 0 Å². The van der Waals surface area contributed by atoms with Gasteiger partial charge in [-0.25, -0.2) is 15.0 Å². The van der Waals surface area contributed by atoms with Gasteiger partial charge in [-0.1, -0.05) is 152 Å². The van der Waals surface area contributed by atoms with Crippen LogP contribution in [0.2, 0.25) is 0 Å². The van der Waals surface area contributed by atoms with Gasteiger partial charge in [-0.2, -0.15) is 0 Å². The Kier molecular flexibility index (Phi) is 7.06. The SMILES string of the molecule is c1ccc(-c2ccc(-c3nc(-c4ccccc4)nc(-c4cnc(-c5ccccc5)cc4-n4c5ccccc5c5ccccc54)n3)cc2)cc1. The number of benzene rings is 6. The molecule has 0 unspecified atom stereocenters. The van der Waals surface area contributed by atoms with Gasteiger partial charge in [0.1, 0.15) is 0 Å². The fourth-order valence-electron chi connectivity index (χ4n) is 6.54. The van der Waals surface area contributed by atoms with Gasteiger partial charge in [0.2, 0.25) is 0 Å². The highest BCUT2D eigenvalue weighted by Crippen LogP contribution is 2.37. The van der Waals surface area contributed by atoms with Crippen LogP contribution >= 0.6 is 0 Å². The summed E-state index contributed by atoms with van der Waals surface area (Å²) in [5.41, 5.74) is 10.00. The highest BCUT2D eigenvalue weighted by atomic mass is 15.1. The molecule has 5 heteroatoms. The maximum atomic E-state index is 5.16. The number of nitrogens with zero attached hydrogens (tertiary/aromatic N) is 5. The van der Waals surface area contributed by atoms with Crippen LogP contribution in [0.5, 0.6) is 0 Å². The summed E-state index contributed by atoms with van der Waals surface area (Å²) < 4.78 is 2.31. The highest BCUT2D eigenvalue weighted by molar-refractivity contribution is 6.09. The second kappa shape index (κ2) is 12.1. The second-order valence-corrected chi connectivity index (χ2v) is 11.9. The smallest absolute Gasteiger partial charge is 0.167 e. The van der Waals surface area contributed by atoms with E-state index < -0.39 is 0 Å². The highest BCUT2D eigenvalue weighted by Gasteiger charge is 2.20. The van der Waals surface area contributed by atoms with Crippen molar-refractivity contribution in [3.05, 3.63) is 176 Å². The third-order valence-electron chi connectivity index (χ3n) is 8.93. The average Bonchev–Trinajstić information content (AvgIpc) is 3.53. The van der Waals surface area contributed by atoms with Gasteiger partial charge >= 0.3 is 0 Å². The van der Waals surface area contributed by atoms with Gasteiger partial charge in [-0.15, -0.1) is 0 Å². The molecule has 0 radical (unpaired) electrons. The molecular formula is C44H29N5. The summed E-state index contributed by atoms with van der Waals surface area (Å²) in [4.78, 5) is 20.3. The third kappa shape index (κ3) is 5.24. The number of hydrogen-bond acceptors (Lipinski definition) is 4. The van der Waals surface area contributed by atoms with Gasteiger partial charge in [-0.3, -0.25) is 4.98 Å². The molecule has 0 saturated carbocycles. The molecule has 0 aliphatic rings. The van der Waals surface area contributed by atoms with Gasteiger partial charge in [0.15, 0.2) is 17.5 Å². The van der Waals surface area contributed by atoms with Crippen molar-refractivity contribution in [1.29, 1.82) is 0 Å². The van der Waals surface area contributed by atoms with E-state index in [2.05, 4.69) is 120 Å². The van der Waals surface area contributed by atoms with Gasteiger partial charge in [0.25, 0.3) is 0 Å². The molecule has 0 spiro atoms. The molecule has 0 bridgehead atoms. The minimum Gasteiger partial charge on any atom is -0.308 e. The number of fused-ring (bicyclic) bond motifs is 3. The molecular weight excluding hydrogens is 599 g/mol. The summed E-state index contributed by atoms with van der Waals surface area (Å²) in [5.74, 6) is 1.76. The van der Waals surface area contributed by atoms with Gasteiger partial charge in [0, 0.05) is 33.7 Å². The van der Waals surface area contributed by atoms with Crippen LogP contribution in [0.4, 0.5) is 0 Å². The number of rotatable bonds is 6. The predicted molar refractivity (Wildman–Crippen MR) is 199 cm³/mol.